The summed E-state index contributed by atoms with van der Waals surface area (Å²) in [6.07, 6.45) is 2.54. The molecule has 21 heavy (non-hydrogen) atoms. The van der Waals surface area contributed by atoms with Gasteiger partial charge in [0.05, 0.1) is 11.6 Å². The van der Waals surface area contributed by atoms with Crippen molar-refractivity contribution in [3.8, 4) is 0 Å². The molecule has 0 unspecified atom stereocenters. The predicted molar refractivity (Wildman–Crippen MR) is 83.0 cm³/mol. The van der Waals surface area contributed by atoms with Gasteiger partial charge >= 0.3 is 5.97 Å². The molecule has 0 aliphatic heterocycles. The van der Waals surface area contributed by atoms with Gasteiger partial charge in [0, 0.05) is 11.0 Å². The van der Waals surface area contributed by atoms with Crippen LogP contribution in [-0.2, 0) is 11.3 Å². The summed E-state index contributed by atoms with van der Waals surface area (Å²) in [5.41, 5.74) is 1.02. The van der Waals surface area contributed by atoms with Crippen molar-refractivity contribution in [3.63, 3.8) is 0 Å². The van der Waals surface area contributed by atoms with Crippen LogP contribution >= 0.6 is 34.5 Å². The van der Waals surface area contributed by atoms with Crippen LogP contribution in [0.3, 0.4) is 0 Å². The van der Waals surface area contributed by atoms with Crippen molar-refractivity contribution >= 4 is 52.5 Å². The first kappa shape index (κ1) is 15.6. The summed E-state index contributed by atoms with van der Waals surface area (Å²) in [6, 6.07) is 3.23. The van der Waals surface area contributed by atoms with Crippen LogP contribution in [0.2, 0.25) is 10.2 Å². The van der Waals surface area contributed by atoms with Gasteiger partial charge < -0.3 is 15.4 Å². The number of halogens is 2. The number of nitrogens with one attached hydrogen (secondary N) is 2. The fraction of sp³-hybridized carbons (Fsp3) is 0.0769. The molecular weight excluding hydrogens is 335 g/mol. The Bertz CT molecular complexity index is 687. The summed E-state index contributed by atoms with van der Waals surface area (Å²) >= 11 is 12.9. The zero-order valence-corrected chi connectivity index (χ0v) is 12.9. The van der Waals surface area contributed by atoms with Crippen LogP contribution in [0.25, 0.3) is 6.08 Å². The van der Waals surface area contributed by atoms with Gasteiger partial charge in [0.1, 0.15) is 10.8 Å². The smallest absolute Gasteiger partial charge is 0.328 e. The Balaban J connectivity index is 2.02. The summed E-state index contributed by atoms with van der Waals surface area (Å²) in [5, 5.41) is 13.6. The van der Waals surface area contributed by atoms with Crippen LogP contribution in [-0.4, -0.2) is 22.0 Å². The summed E-state index contributed by atoms with van der Waals surface area (Å²) < 4.78 is 0. The molecule has 2 aromatic heterocycles. The molecule has 3 N–H and O–H groups in total. The first-order valence-corrected chi connectivity index (χ1v) is 7.40. The average Bonchev–Trinajstić information content (AvgIpc) is 3.01. The first-order valence-electron chi connectivity index (χ1n) is 5.77. The quantitative estimate of drug-likeness (QED) is 0.727. The van der Waals surface area contributed by atoms with E-state index in [1.807, 2.05) is 5.38 Å². The van der Waals surface area contributed by atoms with Crippen molar-refractivity contribution in [2.45, 2.75) is 6.54 Å². The van der Waals surface area contributed by atoms with Crippen molar-refractivity contribution in [2.75, 3.05) is 0 Å². The maximum atomic E-state index is 11.9. The minimum absolute atomic E-state index is 0.211. The van der Waals surface area contributed by atoms with E-state index >= 15 is 0 Å². The first-order chi connectivity index (χ1) is 9.97. The lowest BCUT2D eigenvalue weighted by Crippen LogP contribution is -2.22. The summed E-state index contributed by atoms with van der Waals surface area (Å²) in [6.45, 7) is 0.282. The maximum Gasteiger partial charge on any atom is 0.328 e. The van der Waals surface area contributed by atoms with Gasteiger partial charge in [0.15, 0.2) is 0 Å². The summed E-state index contributed by atoms with van der Waals surface area (Å²) in [4.78, 5) is 25.9. The van der Waals surface area contributed by atoms with E-state index < -0.39 is 5.97 Å². The second kappa shape index (κ2) is 6.80. The molecule has 5 nitrogen and oxygen atoms in total. The van der Waals surface area contributed by atoms with Crippen LogP contribution < -0.4 is 5.32 Å². The fourth-order valence-corrected chi connectivity index (χ4v) is 2.71. The van der Waals surface area contributed by atoms with Gasteiger partial charge in [-0.2, -0.15) is 0 Å². The number of H-pyrrole nitrogens is 1. The van der Waals surface area contributed by atoms with Crippen LogP contribution in [0.15, 0.2) is 23.6 Å². The standard InChI is InChI=1S/C13H10Cl2N2O3S/c14-8-5-9(17-12(8)15)13(20)16-6-10-7(3-4-21-10)1-2-11(18)19/h1-5,17H,6H2,(H,16,20)(H,18,19)/b2-1+. The Kier molecular flexibility index (Phi) is 5.06. The van der Waals surface area contributed by atoms with Gasteiger partial charge in [-0.05, 0) is 29.2 Å². The predicted octanol–water partition coefficient (Wildman–Crippen LogP) is 3.41. The molecule has 0 atom stereocenters. The Morgan fingerprint density at radius 2 is 2.19 bits per heavy atom. The van der Waals surface area contributed by atoms with Gasteiger partial charge in [-0.25, -0.2) is 4.79 Å². The van der Waals surface area contributed by atoms with E-state index in [1.165, 1.54) is 23.5 Å². The second-order valence-corrected chi connectivity index (χ2v) is 5.78. The molecule has 110 valence electrons. The van der Waals surface area contributed by atoms with E-state index in [9.17, 15) is 9.59 Å². The molecule has 0 aromatic carbocycles. The highest BCUT2D eigenvalue weighted by Crippen LogP contribution is 2.22. The number of thiophene rings is 1. The highest BCUT2D eigenvalue weighted by molar-refractivity contribution is 7.10. The minimum Gasteiger partial charge on any atom is -0.478 e. The van der Waals surface area contributed by atoms with Crippen molar-refractivity contribution in [1.82, 2.24) is 10.3 Å². The second-order valence-electron chi connectivity index (χ2n) is 4.00. The normalized spacial score (nSPS) is 11.0. The molecule has 0 bridgehead atoms. The zero-order valence-electron chi connectivity index (χ0n) is 10.5. The van der Waals surface area contributed by atoms with E-state index in [0.717, 1.165) is 16.5 Å². The van der Waals surface area contributed by atoms with E-state index in [0.29, 0.717) is 0 Å². The third-order valence-electron chi connectivity index (χ3n) is 2.56. The number of carboxylic acids is 1. The number of aromatic nitrogens is 1. The Hall–Kier alpha value is -1.76. The molecule has 0 aliphatic carbocycles. The number of hydrogen-bond acceptors (Lipinski definition) is 3. The van der Waals surface area contributed by atoms with E-state index in [2.05, 4.69) is 10.3 Å². The highest BCUT2D eigenvalue weighted by atomic mass is 35.5. The largest absolute Gasteiger partial charge is 0.478 e. The average molecular weight is 345 g/mol. The van der Waals surface area contributed by atoms with Gasteiger partial charge in [0.2, 0.25) is 0 Å². The van der Waals surface area contributed by atoms with E-state index in [-0.39, 0.29) is 28.3 Å². The van der Waals surface area contributed by atoms with E-state index in [4.69, 9.17) is 28.3 Å². The Morgan fingerprint density at radius 1 is 1.43 bits per heavy atom. The molecule has 1 amide bonds. The summed E-state index contributed by atoms with van der Waals surface area (Å²) in [7, 11) is 0. The number of carbonyl (C=O) groups excluding carboxylic acids is 1. The highest BCUT2D eigenvalue weighted by Gasteiger charge is 2.12. The molecule has 2 rings (SSSR count). The minimum atomic E-state index is -1.02. The number of aliphatic carboxylic acids is 1. The maximum absolute atomic E-state index is 11.9. The molecular formula is C13H10Cl2N2O3S. The number of carbonyl (C=O) groups is 2. The van der Waals surface area contributed by atoms with Crippen LogP contribution in [0, 0.1) is 0 Å². The van der Waals surface area contributed by atoms with Crippen molar-refractivity contribution in [1.29, 1.82) is 0 Å². The van der Waals surface area contributed by atoms with Crippen molar-refractivity contribution < 1.29 is 14.7 Å². The summed E-state index contributed by atoms with van der Waals surface area (Å²) in [5.74, 6) is -1.36. The molecule has 2 aromatic rings. The third-order valence-corrected chi connectivity index (χ3v) is 4.19. The fourth-order valence-electron chi connectivity index (χ4n) is 1.59. The third kappa shape index (κ3) is 4.10. The number of carboxylic acid groups (broad SMARTS) is 1. The van der Waals surface area contributed by atoms with Gasteiger partial charge in [0.25, 0.3) is 5.91 Å². The Morgan fingerprint density at radius 3 is 2.81 bits per heavy atom. The topological polar surface area (TPSA) is 82.2 Å². The lowest BCUT2D eigenvalue weighted by atomic mass is 10.2. The molecule has 0 fully saturated rings. The number of hydrogen-bond donors (Lipinski definition) is 3. The van der Waals surface area contributed by atoms with Crippen LogP contribution in [0.5, 0.6) is 0 Å². The Labute approximate surface area is 134 Å². The monoisotopic (exact) mass is 344 g/mol. The molecule has 0 radical (unpaired) electrons. The number of aromatic amines is 1. The molecule has 0 aliphatic rings. The lowest BCUT2D eigenvalue weighted by molar-refractivity contribution is -0.131. The lowest BCUT2D eigenvalue weighted by Gasteiger charge is -2.03. The van der Waals surface area contributed by atoms with Gasteiger partial charge in [-0.15, -0.1) is 11.3 Å². The number of rotatable bonds is 5. The molecule has 2 heterocycles. The van der Waals surface area contributed by atoms with E-state index in [1.54, 1.807) is 6.07 Å². The van der Waals surface area contributed by atoms with Crippen LogP contribution in [0.4, 0.5) is 0 Å². The molecule has 8 heteroatoms. The van der Waals surface area contributed by atoms with Crippen molar-refractivity contribution in [2.24, 2.45) is 0 Å². The van der Waals surface area contributed by atoms with Gasteiger partial charge in [-0.1, -0.05) is 23.2 Å². The van der Waals surface area contributed by atoms with Crippen LogP contribution in [0.1, 0.15) is 20.9 Å². The SMILES string of the molecule is O=C(O)/C=C/c1ccsc1CNC(=O)c1cc(Cl)c(Cl)[nH]1. The molecule has 0 saturated heterocycles. The zero-order chi connectivity index (χ0) is 15.4. The number of amides is 1. The molecule has 0 spiro atoms. The molecule has 0 saturated carbocycles. The van der Waals surface area contributed by atoms with Crippen molar-refractivity contribution in [3.05, 3.63) is 49.9 Å². The van der Waals surface area contributed by atoms with Gasteiger partial charge in [-0.3, -0.25) is 4.79 Å².